The summed E-state index contributed by atoms with van der Waals surface area (Å²) < 4.78 is 14.0. The van der Waals surface area contributed by atoms with Crippen LogP contribution in [0.25, 0.3) is 0 Å². The number of esters is 2. The average molecular weight is 332 g/mol. The fraction of sp³-hybridized carbons (Fsp3) is 0.833. The second-order valence-electron chi connectivity index (χ2n) is 5.03. The Labute approximate surface area is 151 Å². The normalized spacial score (nSPS) is 12.0. The molecule has 21 heavy (non-hydrogen) atoms. The molecule has 0 N–H and O–H groups in total. The molecule has 0 fully saturated rings. The summed E-state index contributed by atoms with van der Waals surface area (Å²) in [6.07, 6.45) is -0.252. The van der Waals surface area contributed by atoms with Crippen LogP contribution in [0.5, 0.6) is 0 Å². The summed E-state index contributed by atoms with van der Waals surface area (Å²) in [6.45, 7) is 8.02. The van der Waals surface area contributed by atoms with Gasteiger partial charge < -0.3 is 14.7 Å². The Kier molecular flexibility index (Phi) is 15.4. The molecule has 0 aliphatic rings. The SMILES string of the molecule is CC(C)COC(=O)CC(SOO[O-])C(=O)OCC(C)C.[Na+]. The van der Waals surface area contributed by atoms with Crippen molar-refractivity contribution in [2.45, 2.75) is 39.4 Å². The third-order valence-corrected chi connectivity index (χ3v) is 2.66. The van der Waals surface area contributed by atoms with E-state index in [0.29, 0.717) is 12.0 Å². The van der Waals surface area contributed by atoms with Crippen LogP contribution in [0, 0.1) is 11.8 Å². The third kappa shape index (κ3) is 13.5. The molecule has 0 heterocycles. The van der Waals surface area contributed by atoms with Crippen molar-refractivity contribution in [1.29, 1.82) is 0 Å². The molecule has 0 aromatic carbocycles. The van der Waals surface area contributed by atoms with Gasteiger partial charge in [-0.1, -0.05) is 27.7 Å². The molecule has 0 spiro atoms. The van der Waals surface area contributed by atoms with Crippen LogP contribution < -0.4 is 34.8 Å². The molecule has 1 unspecified atom stereocenters. The number of hydrogen-bond acceptors (Lipinski definition) is 8. The predicted molar refractivity (Wildman–Crippen MR) is 69.8 cm³/mol. The minimum absolute atomic E-state index is 0. The zero-order valence-electron chi connectivity index (χ0n) is 13.1. The van der Waals surface area contributed by atoms with Crippen LogP contribution in [-0.2, 0) is 28.4 Å². The van der Waals surface area contributed by atoms with E-state index >= 15 is 0 Å². The van der Waals surface area contributed by atoms with Gasteiger partial charge in [-0.15, -0.1) is 0 Å². The van der Waals surface area contributed by atoms with E-state index in [4.69, 9.17) is 9.47 Å². The summed E-state index contributed by atoms with van der Waals surface area (Å²) in [7, 11) is 0. The van der Waals surface area contributed by atoms with E-state index in [2.05, 4.69) is 9.37 Å². The molecule has 0 amide bonds. The molecular formula is C12H21NaO7S. The van der Waals surface area contributed by atoms with Crippen LogP contribution in [0.15, 0.2) is 0 Å². The molecule has 0 saturated carbocycles. The third-order valence-electron chi connectivity index (χ3n) is 1.93. The maximum absolute atomic E-state index is 11.7. The number of rotatable bonds is 10. The van der Waals surface area contributed by atoms with Gasteiger partial charge in [0.2, 0.25) is 0 Å². The standard InChI is InChI=1S/C12H22O7S.Na/c1-8(2)6-16-11(13)5-10(20-19-18-15)12(14)17-7-9(3)4;/h8-10,15H,5-7H2,1-4H3;/q;+1/p-1. The van der Waals surface area contributed by atoms with Crippen LogP contribution >= 0.6 is 12.0 Å². The van der Waals surface area contributed by atoms with E-state index < -0.39 is 17.2 Å². The van der Waals surface area contributed by atoms with Crippen LogP contribution in [0.4, 0.5) is 0 Å². The summed E-state index contributed by atoms with van der Waals surface area (Å²) in [5.41, 5.74) is 0. The molecule has 0 aromatic heterocycles. The Balaban J connectivity index is 0. The first-order valence-electron chi connectivity index (χ1n) is 6.31. The minimum Gasteiger partial charge on any atom is -0.691 e. The average Bonchev–Trinajstić information content (AvgIpc) is 2.38. The number of ether oxygens (including phenoxy) is 2. The Hall–Kier alpha value is 0.170. The van der Waals surface area contributed by atoms with Crippen molar-refractivity contribution in [3.05, 3.63) is 0 Å². The molecule has 0 radical (unpaired) electrons. The van der Waals surface area contributed by atoms with Gasteiger partial charge >= 0.3 is 41.5 Å². The molecule has 7 nitrogen and oxygen atoms in total. The van der Waals surface area contributed by atoms with E-state index in [1.807, 2.05) is 27.7 Å². The minimum atomic E-state index is -0.998. The fourth-order valence-electron chi connectivity index (χ4n) is 1.03. The maximum Gasteiger partial charge on any atom is 1.00 e. The van der Waals surface area contributed by atoms with Gasteiger partial charge in [0.25, 0.3) is 0 Å². The molecule has 0 bridgehead atoms. The molecule has 0 aromatic rings. The summed E-state index contributed by atoms with van der Waals surface area (Å²) in [5, 5.41) is 12.0. The van der Waals surface area contributed by atoms with Crippen molar-refractivity contribution >= 4 is 24.0 Å². The Bertz CT molecular complexity index is 299. The molecule has 0 saturated heterocycles. The van der Waals surface area contributed by atoms with Crippen LogP contribution in [0.3, 0.4) is 0 Å². The topological polar surface area (TPSA) is 94.1 Å². The van der Waals surface area contributed by atoms with E-state index in [-0.39, 0.29) is 61.0 Å². The molecule has 118 valence electrons. The van der Waals surface area contributed by atoms with Crippen molar-refractivity contribution in [2.24, 2.45) is 11.8 Å². The summed E-state index contributed by atoms with van der Waals surface area (Å²) >= 11 is 0.434. The van der Waals surface area contributed by atoms with Crippen molar-refractivity contribution in [3.8, 4) is 0 Å². The number of carbonyl (C=O) groups is 2. The largest absolute Gasteiger partial charge is 1.00 e. The van der Waals surface area contributed by atoms with E-state index in [1.54, 1.807) is 0 Å². The Morgan fingerprint density at radius 1 is 1.05 bits per heavy atom. The van der Waals surface area contributed by atoms with Crippen LogP contribution in [0.1, 0.15) is 34.1 Å². The Morgan fingerprint density at radius 2 is 1.57 bits per heavy atom. The van der Waals surface area contributed by atoms with E-state index in [1.165, 1.54) is 0 Å². The quantitative estimate of drug-likeness (QED) is 0.149. The van der Waals surface area contributed by atoms with Crippen molar-refractivity contribution in [2.75, 3.05) is 13.2 Å². The first kappa shape index (κ1) is 23.4. The van der Waals surface area contributed by atoms with Gasteiger partial charge in [0, 0.05) is 12.0 Å². The zero-order chi connectivity index (χ0) is 15.5. The maximum atomic E-state index is 11.7. The van der Waals surface area contributed by atoms with Crippen LogP contribution in [-0.4, -0.2) is 30.4 Å². The predicted octanol–water partition coefficient (Wildman–Crippen LogP) is -1.98. The molecule has 0 aliphatic carbocycles. The molecule has 1 atom stereocenters. The molecule has 9 heteroatoms. The van der Waals surface area contributed by atoms with Crippen molar-refractivity contribution < 1.29 is 63.2 Å². The van der Waals surface area contributed by atoms with Gasteiger partial charge in [-0.3, -0.25) is 14.6 Å². The van der Waals surface area contributed by atoms with Crippen molar-refractivity contribution in [1.82, 2.24) is 0 Å². The second kappa shape index (κ2) is 13.8. The molecule has 0 rings (SSSR count). The summed E-state index contributed by atoms with van der Waals surface area (Å²) in [6, 6.07) is 0. The monoisotopic (exact) mass is 332 g/mol. The van der Waals surface area contributed by atoms with Gasteiger partial charge in [0.05, 0.1) is 19.6 Å². The smallest absolute Gasteiger partial charge is 0.691 e. The van der Waals surface area contributed by atoms with Gasteiger partial charge in [-0.05, 0) is 11.8 Å². The summed E-state index contributed by atoms with van der Waals surface area (Å²) in [5.74, 6) is -0.859. The number of carbonyl (C=O) groups excluding carboxylic acids is 2. The van der Waals surface area contributed by atoms with Crippen molar-refractivity contribution in [3.63, 3.8) is 0 Å². The first-order chi connectivity index (χ1) is 9.36. The van der Waals surface area contributed by atoms with Crippen LogP contribution in [0.2, 0.25) is 0 Å². The first-order valence-corrected chi connectivity index (χ1v) is 7.11. The second-order valence-corrected chi connectivity index (χ2v) is 5.92. The van der Waals surface area contributed by atoms with E-state index in [0.717, 1.165) is 0 Å². The van der Waals surface area contributed by atoms with Gasteiger partial charge in [0.15, 0.2) is 0 Å². The fourth-order valence-corrected chi connectivity index (χ4v) is 1.51. The van der Waals surface area contributed by atoms with E-state index in [9.17, 15) is 14.8 Å². The van der Waals surface area contributed by atoms with Gasteiger partial charge in [0.1, 0.15) is 5.25 Å². The van der Waals surface area contributed by atoms with Gasteiger partial charge in [-0.2, -0.15) is 4.33 Å². The Morgan fingerprint density at radius 3 is 2.05 bits per heavy atom. The molecular weight excluding hydrogens is 311 g/mol. The number of hydrogen-bond donors (Lipinski definition) is 0. The molecule has 0 aliphatic heterocycles. The summed E-state index contributed by atoms with van der Waals surface area (Å²) in [4.78, 5) is 23.3. The zero-order valence-corrected chi connectivity index (χ0v) is 15.9. The van der Waals surface area contributed by atoms with Gasteiger partial charge in [-0.25, -0.2) is 0 Å².